The Bertz CT molecular complexity index is 191. The van der Waals surface area contributed by atoms with E-state index in [4.69, 9.17) is 0 Å². The first kappa shape index (κ1) is 10.8. The second-order valence-electron chi connectivity index (χ2n) is 4.91. The number of hydrogen-bond acceptors (Lipinski definition) is 1. The van der Waals surface area contributed by atoms with Crippen LogP contribution in [0.4, 0.5) is 0 Å². The Labute approximate surface area is 81.9 Å². The Morgan fingerprint density at radius 1 is 1.23 bits per heavy atom. The molecule has 1 heteroatoms. The second kappa shape index (κ2) is 4.28. The Hall–Kier alpha value is -0.300. The number of rotatable bonds is 1. The summed E-state index contributed by atoms with van der Waals surface area (Å²) in [5.74, 6) is 1.70. The van der Waals surface area contributed by atoms with Gasteiger partial charge in [0, 0.05) is 0 Å². The lowest BCUT2D eigenvalue weighted by atomic mass is 9.73. The molecule has 0 amide bonds. The minimum atomic E-state index is -0.0932. The highest BCUT2D eigenvalue weighted by atomic mass is 16.3. The lowest BCUT2D eigenvalue weighted by Gasteiger charge is -2.35. The van der Waals surface area contributed by atoms with E-state index in [-0.39, 0.29) is 6.10 Å². The molecule has 1 nitrogen and oxygen atoms in total. The summed E-state index contributed by atoms with van der Waals surface area (Å²) in [6, 6.07) is 0. The largest absolute Gasteiger partial charge is 0.393 e. The zero-order chi connectivity index (χ0) is 10.0. The van der Waals surface area contributed by atoms with Crippen LogP contribution >= 0.6 is 0 Å². The Kier molecular flexibility index (Phi) is 3.55. The summed E-state index contributed by atoms with van der Waals surface area (Å²) in [4.78, 5) is 0. The highest BCUT2D eigenvalue weighted by molar-refractivity contribution is 5.01. The van der Waals surface area contributed by atoms with Crippen LogP contribution in [-0.2, 0) is 0 Å². The molecule has 0 aromatic rings. The number of hydrogen-bond donors (Lipinski definition) is 1. The van der Waals surface area contributed by atoms with Crippen LogP contribution in [0.2, 0.25) is 0 Å². The summed E-state index contributed by atoms with van der Waals surface area (Å²) < 4.78 is 0. The van der Waals surface area contributed by atoms with Gasteiger partial charge in [-0.25, -0.2) is 0 Å². The predicted molar refractivity (Wildman–Crippen MR) is 56.5 cm³/mol. The van der Waals surface area contributed by atoms with Crippen molar-refractivity contribution in [1.29, 1.82) is 0 Å². The molecule has 0 bridgehead atoms. The average molecular weight is 182 g/mol. The fourth-order valence-electron chi connectivity index (χ4n) is 2.34. The minimum Gasteiger partial charge on any atom is -0.393 e. The topological polar surface area (TPSA) is 20.2 Å². The van der Waals surface area contributed by atoms with Crippen LogP contribution in [0.25, 0.3) is 0 Å². The third-order valence-electron chi connectivity index (χ3n) is 3.15. The maximum absolute atomic E-state index is 9.80. The molecule has 0 spiro atoms. The van der Waals surface area contributed by atoms with Crippen molar-refractivity contribution in [3.05, 3.63) is 11.6 Å². The molecule has 76 valence electrons. The van der Waals surface area contributed by atoms with Crippen LogP contribution in [0, 0.1) is 17.8 Å². The molecule has 1 aliphatic carbocycles. The van der Waals surface area contributed by atoms with Gasteiger partial charge in [-0.3, -0.25) is 0 Å². The van der Waals surface area contributed by atoms with Crippen LogP contribution in [0.3, 0.4) is 0 Å². The highest BCUT2D eigenvalue weighted by Crippen LogP contribution is 2.34. The predicted octanol–water partition coefficient (Wildman–Crippen LogP) is 3.00. The van der Waals surface area contributed by atoms with Crippen molar-refractivity contribution < 1.29 is 5.11 Å². The van der Waals surface area contributed by atoms with Crippen LogP contribution in [-0.4, -0.2) is 11.2 Å². The molecule has 0 heterocycles. The summed E-state index contributed by atoms with van der Waals surface area (Å²) in [7, 11) is 0. The van der Waals surface area contributed by atoms with Gasteiger partial charge in [-0.2, -0.15) is 0 Å². The van der Waals surface area contributed by atoms with E-state index >= 15 is 0 Å². The fourth-order valence-corrected chi connectivity index (χ4v) is 2.34. The average Bonchev–Trinajstić information content (AvgIpc) is 1.98. The Morgan fingerprint density at radius 3 is 2.38 bits per heavy atom. The van der Waals surface area contributed by atoms with Crippen LogP contribution in [0.5, 0.6) is 0 Å². The molecule has 4 unspecified atom stereocenters. The van der Waals surface area contributed by atoms with Gasteiger partial charge in [0.2, 0.25) is 0 Å². The van der Waals surface area contributed by atoms with Crippen LogP contribution in [0.1, 0.15) is 40.5 Å². The molecule has 1 fully saturated rings. The molecule has 0 aromatic carbocycles. The summed E-state index contributed by atoms with van der Waals surface area (Å²) in [5.41, 5.74) is 1.37. The SMILES string of the molecule is CC(C)=CC1CC(C)CC(O)C1C. The van der Waals surface area contributed by atoms with Crippen LogP contribution in [0.15, 0.2) is 11.6 Å². The van der Waals surface area contributed by atoms with E-state index in [9.17, 15) is 5.11 Å². The van der Waals surface area contributed by atoms with Gasteiger partial charge < -0.3 is 5.11 Å². The quantitative estimate of drug-likeness (QED) is 0.618. The van der Waals surface area contributed by atoms with Gasteiger partial charge in [0.15, 0.2) is 0 Å². The molecular weight excluding hydrogens is 160 g/mol. The van der Waals surface area contributed by atoms with E-state index in [0.717, 1.165) is 6.42 Å². The first-order valence-corrected chi connectivity index (χ1v) is 5.33. The van der Waals surface area contributed by atoms with Crippen molar-refractivity contribution in [3.63, 3.8) is 0 Å². The molecule has 1 aliphatic rings. The van der Waals surface area contributed by atoms with Crippen LogP contribution < -0.4 is 0 Å². The fraction of sp³-hybridized carbons (Fsp3) is 0.833. The zero-order valence-corrected chi connectivity index (χ0v) is 9.25. The second-order valence-corrected chi connectivity index (χ2v) is 4.91. The summed E-state index contributed by atoms with van der Waals surface area (Å²) in [6.45, 7) is 8.68. The number of aliphatic hydroxyl groups is 1. The third-order valence-corrected chi connectivity index (χ3v) is 3.15. The molecule has 0 saturated heterocycles. The molecule has 1 N–H and O–H groups in total. The van der Waals surface area contributed by atoms with Crippen molar-refractivity contribution in [2.45, 2.75) is 46.6 Å². The van der Waals surface area contributed by atoms with E-state index in [1.807, 2.05) is 0 Å². The molecular formula is C12H22O. The summed E-state index contributed by atoms with van der Waals surface area (Å²) >= 11 is 0. The van der Waals surface area contributed by atoms with Gasteiger partial charge >= 0.3 is 0 Å². The van der Waals surface area contributed by atoms with Crippen molar-refractivity contribution in [1.82, 2.24) is 0 Å². The van der Waals surface area contributed by atoms with Gasteiger partial charge in [-0.05, 0) is 44.4 Å². The first-order valence-electron chi connectivity index (χ1n) is 5.33. The minimum absolute atomic E-state index is 0.0932. The molecule has 0 aromatic heterocycles. The van der Waals surface area contributed by atoms with Gasteiger partial charge in [0.25, 0.3) is 0 Å². The smallest absolute Gasteiger partial charge is 0.0573 e. The standard InChI is InChI=1S/C12H22O/c1-8(2)5-11-6-9(3)7-12(13)10(11)4/h5,9-13H,6-7H2,1-4H3. The Balaban J connectivity index is 2.66. The molecule has 1 rings (SSSR count). The van der Waals surface area contributed by atoms with Crippen molar-refractivity contribution in [3.8, 4) is 0 Å². The normalized spacial score (nSPS) is 40.1. The number of aliphatic hydroxyl groups excluding tert-OH is 1. The van der Waals surface area contributed by atoms with E-state index < -0.39 is 0 Å². The van der Waals surface area contributed by atoms with E-state index in [0.29, 0.717) is 17.8 Å². The third kappa shape index (κ3) is 2.84. The van der Waals surface area contributed by atoms with E-state index in [1.165, 1.54) is 12.0 Å². The molecule has 0 aliphatic heterocycles. The van der Waals surface area contributed by atoms with E-state index in [2.05, 4.69) is 33.8 Å². The lowest BCUT2D eigenvalue weighted by Crippen LogP contribution is -2.33. The van der Waals surface area contributed by atoms with E-state index in [1.54, 1.807) is 0 Å². The molecule has 13 heavy (non-hydrogen) atoms. The monoisotopic (exact) mass is 182 g/mol. The maximum atomic E-state index is 9.80. The van der Waals surface area contributed by atoms with Crippen molar-refractivity contribution in [2.24, 2.45) is 17.8 Å². The first-order chi connectivity index (χ1) is 6.00. The van der Waals surface area contributed by atoms with Crippen molar-refractivity contribution in [2.75, 3.05) is 0 Å². The van der Waals surface area contributed by atoms with Gasteiger partial charge in [-0.1, -0.05) is 25.5 Å². The lowest BCUT2D eigenvalue weighted by molar-refractivity contribution is 0.0343. The van der Waals surface area contributed by atoms with Crippen molar-refractivity contribution >= 4 is 0 Å². The highest BCUT2D eigenvalue weighted by Gasteiger charge is 2.30. The molecule has 4 atom stereocenters. The Morgan fingerprint density at radius 2 is 1.85 bits per heavy atom. The zero-order valence-electron chi connectivity index (χ0n) is 9.25. The van der Waals surface area contributed by atoms with Gasteiger partial charge in [0.05, 0.1) is 6.10 Å². The van der Waals surface area contributed by atoms with Gasteiger partial charge in [-0.15, -0.1) is 0 Å². The number of allylic oxidation sites excluding steroid dienone is 2. The summed E-state index contributed by atoms with van der Waals surface area (Å²) in [5, 5.41) is 9.80. The summed E-state index contributed by atoms with van der Waals surface area (Å²) in [6.07, 6.45) is 4.45. The molecule has 0 radical (unpaired) electrons. The maximum Gasteiger partial charge on any atom is 0.0573 e. The van der Waals surface area contributed by atoms with Gasteiger partial charge in [0.1, 0.15) is 0 Å². The molecule has 1 saturated carbocycles.